The maximum atomic E-state index is 12.4. The van der Waals surface area contributed by atoms with E-state index >= 15 is 0 Å². The SMILES string of the molecule is Cc1noc(C)c1C(C)C(=O)NCC(C)N(C)c1ccccc1. The van der Waals surface area contributed by atoms with Gasteiger partial charge in [-0.25, -0.2) is 0 Å². The largest absolute Gasteiger partial charge is 0.370 e. The van der Waals surface area contributed by atoms with E-state index in [1.54, 1.807) is 0 Å². The Morgan fingerprint density at radius 2 is 1.91 bits per heavy atom. The molecule has 1 N–H and O–H groups in total. The van der Waals surface area contributed by atoms with Crippen molar-refractivity contribution in [2.75, 3.05) is 18.5 Å². The fourth-order valence-electron chi connectivity index (χ4n) is 2.70. The number of nitrogens with zero attached hydrogens (tertiary/aromatic N) is 2. The first kappa shape index (κ1) is 17.1. The van der Waals surface area contributed by atoms with Crippen molar-refractivity contribution in [2.24, 2.45) is 0 Å². The summed E-state index contributed by atoms with van der Waals surface area (Å²) >= 11 is 0. The molecule has 1 aromatic carbocycles. The minimum atomic E-state index is -0.268. The topological polar surface area (TPSA) is 58.4 Å². The molecule has 1 heterocycles. The lowest BCUT2D eigenvalue weighted by molar-refractivity contribution is -0.122. The molecule has 2 unspecified atom stereocenters. The van der Waals surface area contributed by atoms with Crippen molar-refractivity contribution in [3.05, 3.63) is 47.3 Å². The lowest BCUT2D eigenvalue weighted by atomic mass is 9.98. The zero-order valence-electron chi connectivity index (χ0n) is 14.5. The molecule has 0 aliphatic carbocycles. The summed E-state index contributed by atoms with van der Waals surface area (Å²) in [5.41, 5.74) is 2.79. The fraction of sp³-hybridized carbons (Fsp3) is 0.444. The Labute approximate surface area is 137 Å². The zero-order chi connectivity index (χ0) is 17.0. The van der Waals surface area contributed by atoms with Gasteiger partial charge in [0.2, 0.25) is 5.91 Å². The lowest BCUT2D eigenvalue weighted by Crippen LogP contribution is -2.41. The van der Waals surface area contributed by atoms with Crippen LogP contribution in [0.3, 0.4) is 0 Å². The first-order chi connectivity index (χ1) is 10.9. The van der Waals surface area contributed by atoms with Crippen molar-refractivity contribution < 1.29 is 9.32 Å². The van der Waals surface area contributed by atoms with Gasteiger partial charge in [-0.2, -0.15) is 0 Å². The number of aryl methyl sites for hydroxylation is 2. The molecule has 0 radical (unpaired) electrons. The Hall–Kier alpha value is -2.30. The number of carbonyl (C=O) groups is 1. The monoisotopic (exact) mass is 315 g/mol. The van der Waals surface area contributed by atoms with Gasteiger partial charge in [-0.05, 0) is 39.8 Å². The standard InChI is InChI=1S/C18H25N3O2/c1-12(21(5)16-9-7-6-8-10-16)11-19-18(22)13(2)17-14(3)20-23-15(17)4/h6-10,12-13H,11H2,1-5H3,(H,19,22). The van der Waals surface area contributed by atoms with Gasteiger partial charge in [0.15, 0.2) is 0 Å². The molecule has 0 aliphatic rings. The molecule has 2 aromatic rings. The van der Waals surface area contributed by atoms with Crippen molar-refractivity contribution in [1.82, 2.24) is 10.5 Å². The summed E-state index contributed by atoms with van der Waals surface area (Å²) in [6.07, 6.45) is 0. The molecule has 0 saturated heterocycles. The van der Waals surface area contributed by atoms with Gasteiger partial charge in [-0.15, -0.1) is 0 Å². The van der Waals surface area contributed by atoms with Gasteiger partial charge in [0.25, 0.3) is 0 Å². The summed E-state index contributed by atoms with van der Waals surface area (Å²) < 4.78 is 5.15. The number of amides is 1. The van der Waals surface area contributed by atoms with Crippen LogP contribution in [0.15, 0.2) is 34.9 Å². The minimum absolute atomic E-state index is 0.00675. The van der Waals surface area contributed by atoms with Gasteiger partial charge < -0.3 is 14.7 Å². The molecule has 23 heavy (non-hydrogen) atoms. The second-order valence-corrected chi connectivity index (χ2v) is 6.00. The number of nitrogens with one attached hydrogen (secondary N) is 1. The van der Waals surface area contributed by atoms with Crippen molar-refractivity contribution in [3.8, 4) is 0 Å². The first-order valence-corrected chi connectivity index (χ1v) is 7.90. The molecule has 0 spiro atoms. The first-order valence-electron chi connectivity index (χ1n) is 7.90. The predicted molar refractivity (Wildman–Crippen MR) is 91.7 cm³/mol. The Morgan fingerprint density at radius 3 is 2.48 bits per heavy atom. The number of likely N-dealkylation sites (N-methyl/N-ethyl adjacent to an activating group) is 1. The third-order valence-corrected chi connectivity index (χ3v) is 4.31. The number of anilines is 1. The third kappa shape index (κ3) is 3.92. The highest BCUT2D eigenvalue weighted by atomic mass is 16.5. The van der Waals surface area contributed by atoms with Gasteiger partial charge in [0.1, 0.15) is 5.76 Å². The molecule has 124 valence electrons. The quantitative estimate of drug-likeness (QED) is 0.890. The summed E-state index contributed by atoms with van der Waals surface area (Å²) in [4.78, 5) is 14.6. The average Bonchev–Trinajstić information content (AvgIpc) is 2.90. The van der Waals surface area contributed by atoms with Gasteiger partial charge in [-0.3, -0.25) is 4.79 Å². The van der Waals surface area contributed by atoms with Gasteiger partial charge in [-0.1, -0.05) is 23.4 Å². The molecule has 0 fully saturated rings. The molecule has 2 rings (SSSR count). The summed E-state index contributed by atoms with van der Waals surface area (Å²) in [5.74, 6) is 0.433. The molecular formula is C18H25N3O2. The molecule has 1 amide bonds. The van der Waals surface area contributed by atoms with E-state index in [0.29, 0.717) is 12.3 Å². The summed E-state index contributed by atoms with van der Waals surface area (Å²) in [5, 5.41) is 6.95. The van der Waals surface area contributed by atoms with Crippen LogP contribution in [0.4, 0.5) is 5.69 Å². The zero-order valence-corrected chi connectivity index (χ0v) is 14.5. The maximum Gasteiger partial charge on any atom is 0.227 e. The highest BCUT2D eigenvalue weighted by molar-refractivity contribution is 5.83. The number of para-hydroxylation sites is 1. The average molecular weight is 315 g/mol. The van der Waals surface area contributed by atoms with Crippen LogP contribution in [0.25, 0.3) is 0 Å². The maximum absolute atomic E-state index is 12.4. The van der Waals surface area contributed by atoms with Crippen LogP contribution in [0.2, 0.25) is 0 Å². The number of aromatic nitrogens is 1. The van der Waals surface area contributed by atoms with E-state index in [9.17, 15) is 4.79 Å². The molecule has 0 aliphatic heterocycles. The van der Waals surface area contributed by atoms with E-state index < -0.39 is 0 Å². The highest BCUT2D eigenvalue weighted by Crippen LogP contribution is 2.23. The Morgan fingerprint density at radius 1 is 1.26 bits per heavy atom. The minimum Gasteiger partial charge on any atom is -0.370 e. The van der Waals surface area contributed by atoms with E-state index in [4.69, 9.17) is 4.52 Å². The van der Waals surface area contributed by atoms with Crippen molar-refractivity contribution in [3.63, 3.8) is 0 Å². The Balaban J connectivity index is 1.93. The molecule has 5 nitrogen and oxygen atoms in total. The van der Waals surface area contributed by atoms with Crippen LogP contribution in [0.5, 0.6) is 0 Å². The number of carbonyl (C=O) groups excluding carboxylic acids is 1. The number of benzene rings is 1. The Kier molecular flexibility index (Phi) is 5.42. The predicted octanol–water partition coefficient (Wildman–Crippen LogP) is 3.04. The normalized spacial score (nSPS) is 13.4. The van der Waals surface area contributed by atoms with E-state index in [-0.39, 0.29) is 17.9 Å². The number of hydrogen-bond donors (Lipinski definition) is 1. The second-order valence-electron chi connectivity index (χ2n) is 6.00. The molecule has 2 atom stereocenters. The summed E-state index contributed by atoms with van der Waals surface area (Å²) in [6, 6.07) is 10.3. The smallest absolute Gasteiger partial charge is 0.227 e. The number of hydrogen-bond acceptors (Lipinski definition) is 4. The van der Waals surface area contributed by atoms with Crippen LogP contribution in [-0.2, 0) is 4.79 Å². The van der Waals surface area contributed by atoms with Crippen molar-refractivity contribution in [2.45, 2.75) is 39.7 Å². The van der Waals surface area contributed by atoms with E-state index in [0.717, 1.165) is 16.9 Å². The summed E-state index contributed by atoms with van der Waals surface area (Å²) in [7, 11) is 2.03. The van der Waals surface area contributed by atoms with Crippen LogP contribution >= 0.6 is 0 Å². The van der Waals surface area contributed by atoms with E-state index in [2.05, 4.69) is 34.4 Å². The summed E-state index contributed by atoms with van der Waals surface area (Å²) in [6.45, 7) is 8.26. The molecule has 0 saturated carbocycles. The van der Waals surface area contributed by atoms with Crippen molar-refractivity contribution in [1.29, 1.82) is 0 Å². The van der Waals surface area contributed by atoms with Crippen LogP contribution < -0.4 is 10.2 Å². The lowest BCUT2D eigenvalue weighted by Gasteiger charge is -2.27. The number of rotatable bonds is 6. The molecule has 0 bridgehead atoms. The Bertz CT molecular complexity index is 632. The van der Waals surface area contributed by atoms with Gasteiger partial charge in [0.05, 0.1) is 11.6 Å². The molecule has 1 aromatic heterocycles. The third-order valence-electron chi connectivity index (χ3n) is 4.31. The highest BCUT2D eigenvalue weighted by Gasteiger charge is 2.23. The van der Waals surface area contributed by atoms with Crippen LogP contribution in [0, 0.1) is 13.8 Å². The molecule has 5 heteroatoms. The van der Waals surface area contributed by atoms with Gasteiger partial charge in [0, 0.05) is 30.9 Å². The van der Waals surface area contributed by atoms with Crippen LogP contribution in [0.1, 0.15) is 36.8 Å². The van der Waals surface area contributed by atoms with E-state index in [1.165, 1.54) is 0 Å². The molecular weight excluding hydrogens is 290 g/mol. The fourth-order valence-corrected chi connectivity index (χ4v) is 2.70. The van der Waals surface area contributed by atoms with Crippen LogP contribution in [-0.4, -0.2) is 30.7 Å². The van der Waals surface area contributed by atoms with Crippen molar-refractivity contribution >= 4 is 11.6 Å². The second kappa shape index (κ2) is 7.31. The van der Waals surface area contributed by atoms with E-state index in [1.807, 2.05) is 46.0 Å². The van der Waals surface area contributed by atoms with Gasteiger partial charge >= 0.3 is 0 Å².